The summed E-state index contributed by atoms with van der Waals surface area (Å²) >= 11 is 0. The van der Waals surface area contributed by atoms with E-state index in [1.165, 1.54) is 12.6 Å². The molecule has 0 aliphatic carbocycles. The van der Waals surface area contributed by atoms with Crippen molar-refractivity contribution in [3.05, 3.63) is 36.8 Å². The molecule has 34 heavy (non-hydrogen) atoms. The minimum Gasteiger partial charge on any atom is -0.444 e. The molecule has 0 atom stereocenters. The number of rotatable bonds is 5. The topological polar surface area (TPSA) is 119 Å². The molecule has 0 radical (unpaired) electrons. The Kier molecular flexibility index (Phi) is 6.48. The summed E-state index contributed by atoms with van der Waals surface area (Å²) in [5, 5.41) is 8.53. The zero-order valence-electron chi connectivity index (χ0n) is 19.9. The van der Waals surface area contributed by atoms with Crippen LogP contribution in [0.5, 0.6) is 0 Å². The molecule has 10 nitrogen and oxygen atoms in total. The second-order valence-corrected chi connectivity index (χ2v) is 11.6. The molecule has 0 bridgehead atoms. The van der Waals surface area contributed by atoms with Gasteiger partial charge in [-0.15, -0.1) is 0 Å². The Bertz CT molecular complexity index is 1270. The molecule has 3 heterocycles. The lowest BCUT2D eigenvalue weighted by atomic mass is 9.97. The number of nitrogens with one attached hydrogen (secondary N) is 1. The summed E-state index contributed by atoms with van der Waals surface area (Å²) in [5.41, 5.74) is 0.942. The highest BCUT2D eigenvalue weighted by molar-refractivity contribution is 7.90. The third-order valence-corrected chi connectivity index (χ3v) is 6.80. The van der Waals surface area contributed by atoms with Crippen LogP contribution in [0.3, 0.4) is 0 Å². The Morgan fingerprint density at radius 1 is 1.15 bits per heavy atom. The Labute approximate surface area is 199 Å². The number of hydrogen-bond donors (Lipinski definition) is 1. The van der Waals surface area contributed by atoms with E-state index in [-0.39, 0.29) is 11.0 Å². The van der Waals surface area contributed by atoms with Crippen molar-refractivity contribution in [2.45, 2.75) is 50.7 Å². The van der Waals surface area contributed by atoms with Crippen molar-refractivity contribution in [2.75, 3.05) is 24.7 Å². The predicted molar refractivity (Wildman–Crippen MR) is 129 cm³/mol. The molecule has 0 unspecified atom stereocenters. The molecule has 4 rings (SSSR count). The van der Waals surface area contributed by atoms with Gasteiger partial charge < -0.3 is 15.0 Å². The Morgan fingerprint density at radius 3 is 2.44 bits per heavy atom. The molecule has 1 aliphatic rings. The van der Waals surface area contributed by atoms with Crippen LogP contribution in [0.4, 0.5) is 16.3 Å². The maximum atomic E-state index is 12.3. The van der Waals surface area contributed by atoms with Crippen molar-refractivity contribution >= 4 is 38.5 Å². The van der Waals surface area contributed by atoms with Crippen molar-refractivity contribution in [3.8, 4) is 0 Å². The van der Waals surface area contributed by atoms with Gasteiger partial charge in [0.1, 0.15) is 17.7 Å². The first-order chi connectivity index (χ1) is 16.0. The van der Waals surface area contributed by atoms with Gasteiger partial charge in [-0.25, -0.2) is 27.9 Å². The number of piperidine rings is 1. The molecule has 1 aliphatic heterocycles. The number of likely N-dealkylation sites (tertiary alicyclic amines) is 1. The van der Waals surface area contributed by atoms with Gasteiger partial charge in [-0.1, -0.05) is 0 Å². The van der Waals surface area contributed by atoms with Gasteiger partial charge in [0.15, 0.2) is 15.5 Å². The van der Waals surface area contributed by atoms with Crippen LogP contribution in [0.2, 0.25) is 0 Å². The smallest absolute Gasteiger partial charge is 0.410 e. The molecule has 182 valence electrons. The quantitative estimate of drug-likeness (QED) is 0.581. The van der Waals surface area contributed by atoms with Crippen LogP contribution in [0.25, 0.3) is 11.0 Å². The average Bonchev–Trinajstić information content (AvgIpc) is 3.17. The fraction of sp³-hybridized carbons (Fsp3) is 0.478. The number of hydrogen-bond acceptors (Lipinski definition) is 8. The zero-order valence-corrected chi connectivity index (χ0v) is 20.7. The summed E-state index contributed by atoms with van der Waals surface area (Å²) in [4.78, 5) is 23.1. The first-order valence-electron chi connectivity index (χ1n) is 11.2. The summed E-state index contributed by atoms with van der Waals surface area (Å²) < 4.78 is 30.7. The van der Waals surface area contributed by atoms with E-state index in [1.807, 2.05) is 25.5 Å². The van der Waals surface area contributed by atoms with Crippen LogP contribution in [-0.2, 0) is 21.1 Å². The van der Waals surface area contributed by atoms with Gasteiger partial charge in [-0.3, -0.25) is 0 Å². The van der Waals surface area contributed by atoms with E-state index in [4.69, 9.17) is 4.74 Å². The maximum absolute atomic E-state index is 12.3. The highest BCUT2D eigenvalue weighted by atomic mass is 32.2. The van der Waals surface area contributed by atoms with Gasteiger partial charge in [0.2, 0.25) is 0 Å². The van der Waals surface area contributed by atoms with Crippen molar-refractivity contribution in [2.24, 2.45) is 5.92 Å². The van der Waals surface area contributed by atoms with Gasteiger partial charge in [-0.05, 0) is 63.8 Å². The number of nitrogens with zero attached hydrogens (tertiary/aromatic N) is 5. The van der Waals surface area contributed by atoms with Crippen LogP contribution in [-0.4, -0.2) is 64.1 Å². The lowest BCUT2D eigenvalue weighted by molar-refractivity contribution is 0.0177. The van der Waals surface area contributed by atoms with Gasteiger partial charge in [0, 0.05) is 31.6 Å². The maximum Gasteiger partial charge on any atom is 0.410 e. The number of carbonyl (C=O) groups excluding carboxylic acids is 1. The summed E-state index contributed by atoms with van der Waals surface area (Å²) in [6.07, 6.45) is 5.87. The normalized spacial score (nSPS) is 15.5. The lowest BCUT2D eigenvalue weighted by Crippen LogP contribution is -2.42. The number of carbonyl (C=O) groups is 1. The third kappa shape index (κ3) is 5.64. The largest absolute Gasteiger partial charge is 0.444 e. The third-order valence-electron chi connectivity index (χ3n) is 5.68. The summed E-state index contributed by atoms with van der Waals surface area (Å²) in [6, 6.07) is 6.52. The molecule has 0 saturated carbocycles. The Hall–Kier alpha value is -3.21. The molecule has 0 spiro atoms. The molecule has 1 amide bonds. The molecule has 11 heteroatoms. The van der Waals surface area contributed by atoms with Gasteiger partial charge in [0.05, 0.1) is 16.5 Å². The summed E-state index contributed by atoms with van der Waals surface area (Å²) in [5.74, 6) is 0.972. The van der Waals surface area contributed by atoms with Crippen LogP contribution < -0.4 is 5.32 Å². The predicted octanol–water partition coefficient (Wildman–Crippen LogP) is 3.62. The molecular weight excluding hydrogens is 456 g/mol. The highest BCUT2D eigenvalue weighted by Gasteiger charge is 2.27. The number of ether oxygens (including phenoxy) is 1. The van der Waals surface area contributed by atoms with Crippen LogP contribution in [0.1, 0.15) is 33.6 Å². The monoisotopic (exact) mass is 486 g/mol. The molecule has 1 saturated heterocycles. The Balaban J connectivity index is 1.42. The molecule has 1 aromatic carbocycles. The van der Waals surface area contributed by atoms with Crippen molar-refractivity contribution in [1.82, 2.24) is 24.6 Å². The molecule has 1 N–H and O–H groups in total. The first kappa shape index (κ1) is 23.9. The van der Waals surface area contributed by atoms with Gasteiger partial charge in [0.25, 0.3) is 0 Å². The first-order valence-corrected chi connectivity index (χ1v) is 13.1. The van der Waals surface area contributed by atoms with E-state index in [0.29, 0.717) is 31.4 Å². The minimum atomic E-state index is -3.25. The zero-order chi connectivity index (χ0) is 24.5. The van der Waals surface area contributed by atoms with Crippen molar-refractivity contribution in [3.63, 3.8) is 0 Å². The second-order valence-electron chi connectivity index (χ2n) is 9.62. The molecular formula is C23H30N6O4S. The molecule has 1 fully saturated rings. The van der Waals surface area contributed by atoms with E-state index >= 15 is 0 Å². The number of amides is 1. The summed E-state index contributed by atoms with van der Waals surface area (Å²) in [6.45, 7) is 7.63. The number of benzene rings is 1. The number of fused-ring (bicyclic) bond motifs is 1. The van der Waals surface area contributed by atoms with E-state index in [0.717, 1.165) is 29.6 Å². The van der Waals surface area contributed by atoms with Gasteiger partial charge in [-0.2, -0.15) is 5.10 Å². The number of anilines is 2. The SMILES string of the molecule is CC(C)(C)OC(=O)N1CCC(Cn2ncc3c(Nc4ccc(S(C)(=O)=O)cc4)ncnc32)CC1. The number of sulfone groups is 1. The van der Waals surface area contributed by atoms with Gasteiger partial charge >= 0.3 is 6.09 Å². The standard InChI is InChI=1S/C23H30N6O4S/c1-23(2,3)33-22(30)28-11-9-16(10-12-28)14-29-21-19(13-26-29)20(24-15-25-21)27-17-5-7-18(8-6-17)34(4,31)32/h5-8,13,15-16H,9-12,14H2,1-4H3,(H,24,25,27). The molecule has 3 aromatic rings. The minimum absolute atomic E-state index is 0.261. The second kappa shape index (κ2) is 9.21. The number of aromatic nitrogens is 4. The summed E-state index contributed by atoms with van der Waals surface area (Å²) in [7, 11) is -3.25. The van der Waals surface area contributed by atoms with Crippen molar-refractivity contribution in [1.29, 1.82) is 0 Å². The highest BCUT2D eigenvalue weighted by Crippen LogP contribution is 2.26. The average molecular weight is 487 g/mol. The lowest BCUT2D eigenvalue weighted by Gasteiger charge is -2.33. The van der Waals surface area contributed by atoms with E-state index in [2.05, 4.69) is 20.4 Å². The van der Waals surface area contributed by atoms with E-state index in [1.54, 1.807) is 35.4 Å². The fourth-order valence-electron chi connectivity index (χ4n) is 3.92. The van der Waals surface area contributed by atoms with Crippen LogP contribution in [0.15, 0.2) is 41.7 Å². The van der Waals surface area contributed by atoms with E-state index in [9.17, 15) is 13.2 Å². The van der Waals surface area contributed by atoms with Crippen molar-refractivity contribution < 1.29 is 17.9 Å². The van der Waals surface area contributed by atoms with E-state index < -0.39 is 15.4 Å². The van der Waals surface area contributed by atoms with Crippen LogP contribution in [0, 0.1) is 5.92 Å². The van der Waals surface area contributed by atoms with Crippen LogP contribution >= 0.6 is 0 Å². The molecule has 2 aromatic heterocycles. The fourth-order valence-corrected chi connectivity index (χ4v) is 4.55. The Morgan fingerprint density at radius 2 is 1.82 bits per heavy atom.